The number of aromatic nitrogens is 3. The number of nitrogens with zero attached hydrogens (tertiary/aromatic N) is 4. The van der Waals surface area contributed by atoms with Crippen molar-refractivity contribution in [2.75, 3.05) is 23.7 Å². The summed E-state index contributed by atoms with van der Waals surface area (Å²) >= 11 is 7.45. The van der Waals surface area contributed by atoms with Crippen LogP contribution in [0.2, 0.25) is 5.15 Å². The van der Waals surface area contributed by atoms with Crippen molar-refractivity contribution in [3.8, 4) is 22.3 Å². The third-order valence-corrected chi connectivity index (χ3v) is 11.5. The molecular formula is C47H50ClN9O6S. The van der Waals surface area contributed by atoms with Crippen LogP contribution in [-0.2, 0) is 20.9 Å². The molecule has 0 aliphatic carbocycles. The van der Waals surface area contributed by atoms with Crippen molar-refractivity contribution in [3.63, 3.8) is 0 Å². The van der Waals surface area contributed by atoms with Gasteiger partial charge in [-0.05, 0) is 84.7 Å². The molecule has 332 valence electrons. The van der Waals surface area contributed by atoms with E-state index in [-0.39, 0.29) is 48.8 Å². The number of pyridine rings is 2. The lowest BCUT2D eigenvalue weighted by Gasteiger charge is -2.35. The highest BCUT2D eigenvalue weighted by Crippen LogP contribution is 2.28. The van der Waals surface area contributed by atoms with Gasteiger partial charge in [-0.25, -0.2) is 19.7 Å². The van der Waals surface area contributed by atoms with Crippen LogP contribution in [0.15, 0.2) is 90.7 Å². The Bertz CT molecular complexity index is 2550. The maximum Gasteiger partial charge on any atom is 0.323 e. The number of carbonyl (C=O) groups is 5. The molecule has 64 heavy (non-hydrogen) atoms. The number of β-amino-alcohol motifs (C(OH)–C–C–N with tert-alkyl or cyclic N) is 1. The van der Waals surface area contributed by atoms with E-state index in [1.54, 1.807) is 59.3 Å². The van der Waals surface area contributed by atoms with Gasteiger partial charge in [0.2, 0.25) is 17.7 Å². The van der Waals surface area contributed by atoms with Crippen LogP contribution < -0.4 is 26.6 Å². The van der Waals surface area contributed by atoms with Crippen LogP contribution in [0.4, 0.5) is 16.2 Å². The van der Waals surface area contributed by atoms with Crippen LogP contribution in [0.3, 0.4) is 0 Å². The molecule has 1 aliphatic rings. The standard InChI is InChI=1S/C47H50ClN9O6S/c1-29-41(64-28-53-29)32-14-11-31(12-15-32)26-52-44(61)38-25-37(58)27-57(38)45(62)42(47(2,3)4)56-40(59)10-5-6-19-51-43(60)33-9-7-8-30(22-33)13-16-34-23-35(17-20-49-34)54-46(63)55-36-18-21-50-39(48)24-36/h7-9,11-12,14-15,17-18,20-24,28,37-38,42,58H,5-6,10,19,25-27H2,1-4H3,(H,51,60)(H,52,61)(H,56,59)(H2,49,50,54,55,63)/t37-,38+,42-/m1/s1. The molecule has 0 spiro atoms. The minimum Gasteiger partial charge on any atom is -0.391 e. The molecule has 0 bridgehead atoms. The minimum atomic E-state index is -0.945. The first-order valence-electron chi connectivity index (χ1n) is 20.7. The van der Waals surface area contributed by atoms with Gasteiger partial charge in [0.1, 0.15) is 22.9 Å². The zero-order valence-electron chi connectivity index (χ0n) is 35.9. The Balaban J connectivity index is 0.944. The number of anilines is 2. The molecule has 2 aromatic carbocycles. The number of nitrogens with one attached hydrogen (secondary N) is 5. The van der Waals surface area contributed by atoms with Gasteiger partial charge in [0.05, 0.1) is 22.2 Å². The summed E-state index contributed by atoms with van der Waals surface area (Å²) < 4.78 is 0. The second-order valence-corrected chi connectivity index (χ2v) is 17.6. The Hall–Kier alpha value is -6.67. The fraction of sp³-hybridized carbons (Fsp3) is 0.319. The summed E-state index contributed by atoms with van der Waals surface area (Å²) in [6, 6.07) is 18.7. The van der Waals surface area contributed by atoms with E-state index in [4.69, 9.17) is 11.6 Å². The third kappa shape index (κ3) is 13.2. The number of amides is 6. The van der Waals surface area contributed by atoms with Gasteiger partial charge in [-0.15, -0.1) is 11.3 Å². The molecule has 0 saturated carbocycles. The lowest BCUT2D eigenvalue weighted by atomic mass is 9.85. The number of benzene rings is 2. The van der Waals surface area contributed by atoms with Gasteiger partial charge in [0.15, 0.2) is 0 Å². The number of likely N-dealkylation sites (tertiary alicyclic amines) is 1. The van der Waals surface area contributed by atoms with E-state index in [9.17, 15) is 29.1 Å². The Morgan fingerprint density at radius 2 is 1.64 bits per heavy atom. The maximum atomic E-state index is 14.0. The van der Waals surface area contributed by atoms with Gasteiger partial charge in [0.25, 0.3) is 5.91 Å². The molecule has 15 nitrogen and oxygen atoms in total. The molecule has 3 atom stereocenters. The summed E-state index contributed by atoms with van der Waals surface area (Å²) in [5.41, 5.74) is 6.34. The van der Waals surface area contributed by atoms with Crippen LogP contribution in [-0.4, -0.2) is 85.9 Å². The molecule has 1 fully saturated rings. The molecule has 6 amide bonds. The van der Waals surface area contributed by atoms with Gasteiger partial charge < -0.3 is 36.6 Å². The normalized spacial score (nSPS) is 15.0. The zero-order chi connectivity index (χ0) is 45.8. The lowest BCUT2D eigenvalue weighted by molar-refractivity contribution is -0.144. The van der Waals surface area contributed by atoms with E-state index in [1.165, 1.54) is 23.4 Å². The van der Waals surface area contributed by atoms with E-state index >= 15 is 0 Å². The number of hydrogen-bond donors (Lipinski definition) is 6. The summed E-state index contributed by atoms with van der Waals surface area (Å²) in [5, 5.41) is 24.9. The fourth-order valence-electron chi connectivity index (χ4n) is 6.95. The van der Waals surface area contributed by atoms with E-state index in [2.05, 4.69) is 53.4 Å². The number of aliphatic hydroxyl groups excluding tert-OH is 1. The molecule has 1 aliphatic heterocycles. The summed E-state index contributed by atoms with van der Waals surface area (Å²) in [5.74, 6) is 4.51. The molecule has 3 aromatic heterocycles. The number of urea groups is 1. The molecule has 6 N–H and O–H groups in total. The maximum absolute atomic E-state index is 14.0. The first-order chi connectivity index (χ1) is 30.6. The highest BCUT2D eigenvalue weighted by atomic mass is 35.5. The molecule has 0 radical (unpaired) electrons. The molecule has 0 unspecified atom stereocenters. The average molecular weight is 904 g/mol. The largest absolute Gasteiger partial charge is 0.391 e. The number of halogens is 1. The smallest absolute Gasteiger partial charge is 0.323 e. The Morgan fingerprint density at radius 3 is 2.34 bits per heavy atom. The third-order valence-electron chi connectivity index (χ3n) is 10.3. The van der Waals surface area contributed by atoms with Gasteiger partial charge in [-0.1, -0.05) is 68.6 Å². The van der Waals surface area contributed by atoms with E-state index < -0.39 is 35.5 Å². The molecule has 6 rings (SSSR count). The predicted molar refractivity (Wildman–Crippen MR) is 246 cm³/mol. The van der Waals surface area contributed by atoms with E-state index in [0.717, 1.165) is 21.7 Å². The van der Waals surface area contributed by atoms with Crippen molar-refractivity contribution in [3.05, 3.63) is 124 Å². The number of hydrogen-bond acceptors (Lipinski definition) is 10. The summed E-state index contributed by atoms with van der Waals surface area (Å²) in [6.45, 7) is 8.01. The van der Waals surface area contributed by atoms with Crippen molar-refractivity contribution >= 4 is 64.0 Å². The average Bonchev–Trinajstić information content (AvgIpc) is 3.88. The highest BCUT2D eigenvalue weighted by Gasteiger charge is 2.44. The Labute approximate surface area is 380 Å². The molecule has 5 aromatic rings. The van der Waals surface area contributed by atoms with Crippen LogP contribution >= 0.6 is 22.9 Å². The van der Waals surface area contributed by atoms with Crippen LogP contribution in [0.5, 0.6) is 0 Å². The number of aryl methyl sites for hydroxylation is 1. The Morgan fingerprint density at radius 1 is 0.906 bits per heavy atom. The van der Waals surface area contributed by atoms with E-state index in [1.807, 2.05) is 52.0 Å². The van der Waals surface area contributed by atoms with Crippen molar-refractivity contribution in [1.29, 1.82) is 0 Å². The van der Waals surface area contributed by atoms with Gasteiger partial charge in [-0.3, -0.25) is 19.2 Å². The van der Waals surface area contributed by atoms with E-state index in [0.29, 0.717) is 47.6 Å². The van der Waals surface area contributed by atoms with Crippen LogP contribution in [0.1, 0.15) is 79.3 Å². The van der Waals surface area contributed by atoms with Gasteiger partial charge >= 0.3 is 6.03 Å². The summed E-state index contributed by atoms with van der Waals surface area (Å²) in [6.07, 6.45) is 3.28. The van der Waals surface area contributed by atoms with Crippen molar-refractivity contribution in [2.24, 2.45) is 5.41 Å². The Kier molecular flexibility index (Phi) is 15.8. The van der Waals surface area contributed by atoms with Crippen LogP contribution in [0, 0.1) is 24.2 Å². The molecule has 4 heterocycles. The number of thiazole rings is 1. The van der Waals surface area contributed by atoms with Crippen molar-refractivity contribution in [1.82, 2.24) is 35.8 Å². The quantitative estimate of drug-likeness (QED) is 0.0419. The molecular weight excluding hydrogens is 854 g/mol. The van der Waals surface area contributed by atoms with Gasteiger partial charge in [-0.2, -0.15) is 0 Å². The monoisotopic (exact) mass is 903 g/mol. The predicted octanol–water partition coefficient (Wildman–Crippen LogP) is 6.31. The van der Waals surface area contributed by atoms with Crippen molar-refractivity contribution in [2.45, 2.75) is 78.1 Å². The first-order valence-corrected chi connectivity index (χ1v) is 22.0. The number of carbonyl (C=O) groups excluding carboxylic acids is 5. The zero-order valence-corrected chi connectivity index (χ0v) is 37.5. The fourth-order valence-corrected chi connectivity index (χ4v) is 7.94. The van der Waals surface area contributed by atoms with Gasteiger partial charge in [0, 0.05) is 67.4 Å². The second-order valence-electron chi connectivity index (χ2n) is 16.4. The minimum absolute atomic E-state index is 0.0209. The van der Waals surface area contributed by atoms with Crippen molar-refractivity contribution < 1.29 is 29.1 Å². The number of unbranched alkanes of at least 4 members (excludes halogenated alkanes) is 1. The highest BCUT2D eigenvalue weighted by molar-refractivity contribution is 7.13. The number of aliphatic hydroxyl groups is 1. The van der Waals surface area contributed by atoms with Crippen LogP contribution in [0.25, 0.3) is 10.4 Å². The lowest BCUT2D eigenvalue weighted by Crippen LogP contribution is -2.57. The first kappa shape index (κ1) is 46.8. The molecule has 1 saturated heterocycles. The summed E-state index contributed by atoms with van der Waals surface area (Å²) in [7, 11) is 0. The second kappa shape index (κ2) is 21.6. The SMILES string of the molecule is Cc1ncsc1-c1ccc(CNC(=O)[C@@H]2C[C@@H](O)CN2C(=O)[C@@H](NC(=O)CCCCNC(=O)c2cccc(C#Cc3cc(NC(=O)Nc4ccnc(Cl)c4)ccn3)c2)C(C)(C)C)cc1. The topological polar surface area (TPSA) is 208 Å². The molecule has 17 heteroatoms. The number of rotatable bonds is 14. The summed E-state index contributed by atoms with van der Waals surface area (Å²) in [4.78, 5) is 81.0.